The lowest BCUT2D eigenvalue weighted by atomic mass is 9.91. The molecular formula is C20H23NO2. The number of rotatable bonds is 4. The molecule has 0 aromatic heterocycles. The van der Waals surface area contributed by atoms with Gasteiger partial charge in [-0.3, -0.25) is 9.69 Å². The number of ketones is 1. The summed E-state index contributed by atoms with van der Waals surface area (Å²) in [6.45, 7) is 6.12. The molecule has 120 valence electrons. The second-order valence-electron chi connectivity index (χ2n) is 6.33. The standard InChI is InChI=1S/C20H23NO2/c1-16(17-9-5-3-6-10-17)21-13-14-23-20(2,15-21)19(22)18-11-7-4-8-12-18/h3-12,16H,13-15H2,1-2H3/t16-,20?/m1/s1. The second kappa shape index (κ2) is 6.65. The largest absolute Gasteiger partial charge is 0.364 e. The van der Waals surface area contributed by atoms with Gasteiger partial charge in [0.25, 0.3) is 0 Å². The molecule has 0 amide bonds. The number of Topliss-reactive ketones (excluding diaryl/α,β-unsaturated/α-hetero) is 1. The number of nitrogens with zero attached hydrogens (tertiary/aromatic N) is 1. The first-order valence-electron chi connectivity index (χ1n) is 8.13. The van der Waals surface area contributed by atoms with Gasteiger partial charge in [-0.25, -0.2) is 0 Å². The summed E-state index contributed by atoms with van der Waals surface area (Å²) in [6, 6.07) is 20.1. The number of carbonyl (C=O) groups excluding carboxylic acids is 1. The third-order valence-corrected chi connectivity index (χ3v) is 4.65. The van der Waals surface area contributed by atoms with Gasteiger partial charge in [-0.05, 0) is 19.4 Å². The van der Waals surface area contributed by atoms with Gasteiger partial charge in [-0.15, -0.1) is 0 Å². The maximum Gasteiger partial charge on any atom is 0.195 e. The first-order valence-corrected chi connectivity index (χ1v) is 8.13. The SMILES string of the molecule is C[C@H](c1ccccc1)N1CCOC(C)(C(=O)c2ccccc2)C1. The van der Waals surface area contributed by atoms with Crippen LogP contribution in [0, 0.1) is 0 Å². The molecule has 3 heteroatoms. The minimum Gasteiger partial charge on any atom is -0.364 e. The lowest BCUT2D eigenvalue weighted by molar-refractivity contribution is -0.0836. The van der Waals surface area contributed by atoms with Gasteiger partial charge in [-0.1, -0.05) is 60.7 Å². The predicted octanol–water partition coefficient (Wildman–Crippen LogP) is 3.72. The molecule has 0 saturated carbocycles. The fraction of sp³-hybridized carbons (Fsp3) is 0.350. The van der Waals surface area contributed by atoms with E-state index >= 15 is 0 Å². The van der Waals surface area contributed by atoms with E-state index in [0.29, 0.717) is 18.7 Å². The summed E-state index contributed by atoms with van der Waals surface area (Å²) < 4.78 is 5.91. The van der Waals surface area contributed by atoms with Gasteiger partial charge in [0.05, 0.1) is 6.61 Å². The maximum absolute atomic E-state index is 12.9. The molecule has 1 fully saturated rings. The molecule has 2 aromatic carbocycles. The van der Waals surface area contributed by atoms with Crippen molar-refractivity contribution in [2.45, 2.75) is 25.5 Å². The van der Waals surface area contributed by atoms with E-state index in [0.717, 1.165) is 6.54 Å². The lowest BCUT2D eigenvalue weighted by Gasteiger charge is -2.42. The molecule has 1 unspecified atom stereocenters. The average molecular weight is 309 g/mol. The van der Waals surface area contributed by atoms with Gasteiger partial charge < -0.3 is 4.74 Å². The van der Waals surface area contributed by atoms with Gasteiger partial charge in [0.15, 0.2) is 5.78 Å². The van der Waals surface area contributed by atoms with E-state index in [4.69, 9.17) is 4.74 Å². The van der Waals surface area contributed by atoms with E-state index in [1.807, 2.05) is 43.3 Å². The Hall–Kier alpha value is -1.97. The van der Waals surface area contributed by atoms with E-state index in [1.54, 1.807) is 0 Å². The Balaban J connectivity index is 1.78. The summed E-state index contributed by atoms with van der Waals surface area (Å²) in [4.78, 5) is 15.2. The topological polar surface area (TPSA) is 29.5 Å². The molecule has 1 aliphatic rings. The summed E-state index contributed by atoms with van der Waals surface area (Å²) >= 11 is 0. The molecule has 0 N–H and O–H groups in total. The Kier molecular flexibility index (Phi) is 4.60. The van der Waals surface area contributed by atoms with Gasteiger partial charge in [0.2, 0.25) is 0 Å². The highest BCUT2D eigenvalue weighted by Gasteiger charge is 2.40. The minimum absolute atomic E-state index is 0.0584. The average Bonchev–Trinajstić information content (AvgIpc) is 2.62. The summed E-state index contributed by atoms with van der Waals surface area (Å²) in [5.74, 6) is 0.0584. The van der Waals surface area contributed by atoms with Crippen LogP contribution in [0.15, 0.2) is 60.7 Å². The lowest BCUT2D eigenvalue weighted by Crippen LogP contribution is -2.55. The normalized spacial score (nSPS) is 23.4. The summed E-state index contributed by atoms with van der Waals surface area (Å²) in [5.41, 5.74) is 1.19. The molecule has 23 heavy (non-hydrogen) atoms. The molecule has 1 saturated heterocycles. The minimum atomic E-state index is -0.789. The Morgan fingerprint density at radius 3 is 2.35 bits per heavy atom. The van der Waals surface area contributed by atoms with Crippen LogP contribution >= 0.6 is 0 Å². The molecule has 0 bridgehead atoms. The number of hydrogen-bond donors (Lipinski definition) is 0. The Morgan fingerprint density at radius 1 is 1.09 bits per heavy atom. The van der Waals surface area contributed by atoms with Crippen LogP contribution in [0.4, 0.5) is 0 Å². The molecule has 3 rings (SSSR count). The van der Waals surface area contributed by atoms with Crippen molar-refractivity contribution >= 4 is 5.78 Å². The third kappa shape index (κ3) is 3.36. The molecular weight excluding hydrogens is 286 g/mol. The number of hydrogen-bond acceptors (Lipinski definition) is 3. The zero-order valence-corrected chi connectivity index (χ0v) is 13.7. The van der Waals surface area contributed by atoms with Crippen molar-refractivity contribution < 1.29 is 9.53 Å². The highest BCUT2D eigenvalue weighted by molar-refractivity contribution is 6.02. The highest BCUT2D eigenvalue weighted by atomic mass is 16.5. The van der Waals surface area contributed by atoms with Crippen LogP contribution in [0.3, 0.4) is 0 Å². The number of morpholine rings is 1. The molecule has 1 heterocycles. The summed E-state index contributed by atoms with van der Waals surface area (Å²) in [5, 5.41) is 0. The zero-order chi connectivity index (χ0) is 16.3. The summed E-state index contributed by atoms with van der Waals surface area (Å²) in [6.07, 6.45) is 0. The van der Waals surface area contributed by atoms with E-state index in [2.05, 4.69) is 36.1 Å². The fourth-order valence-electron chi connectivity index (χ4n) is 3.21. The van der Waals surface area contributed by atoms with Gasteiger partial charge >= 0.3 is 0 Å². The number of benzene rings is 2. The molecule has 1 aliphatic heterocycles. The molecule has 0 spiro atoms. The van der Waals surface area contributed by atoms with Crippen LogP contribution in [0.1, 0.15) is 35.8 Å². The zero-order valence-electron chi connectivity index (χ0n) is 13.7. The van der Waals surface area contributed by atoms with Crippen LogP contribution in [0.2, 0.25) is 0 Å². The van der Waals surface area contributed by atoms with Gasteiger partial charge in [0, 0.05) is 24.7 Å². The predicted molar refractivity (Wildman–Crippen MR) is 91.6 cm³/mol. The van der Waals surface area contributed by atoms with E-state index in [9.17, 15) is 4.79 Å². The van der Waals surface area contributed by atoms with E-state index < -0.39 is 5.60 Å². The van der Waals surface area contributed by atoms with E-state index in [-0.39, 0.29) is 11.8 Å². The van der Waals surface area contributed by atoms with Crippen LogP contribution in [0.25, 0.3) is 0 Å². The van der Waals surface area contributed by atoms with E-state index in [1.165, 1.54) is 5.56 Å². The quantitative estimate of drug-likeness (QED) is 0.806. The van der Waals surface area contributed by atoms with Crippen molar-refractivity contribution in [2.24, 2.45) is 0 Å². The fourth-order valence-corrected chi connectivity index (χ4v) is 3.21. The van der Waals surface area contributed by atoms with Crippen LogP contribution < -0.4 is 0 Å². The summed E-state index contributed by atoms with van der Waals surface area (Å²) in [7, 11) is 0. The Bertz CT molecular complexity index is 656. The highest BCUT2D eigenvalue weighted by Crippen LogP contribution is 2.28. The van der Waals surface area contributed by atoms with Gasteiger partial charge in [-0.2, -0.15) is 0 Å². The molecule has 2 atom stereocenters. The second-order valence-corrected chi connectivity index (χ2v) is 6.33. The van der Waals surface area contributed by atoms with Crippen molar-refractivity contribution in [1.29, 1.82) is 0 Å². The van der Waals surface area contributed by atoms with Crippen molar-refractivity contribution in [3.63, 3.8) is 0 Å². The third-order valence-electron chi connectivity index (χ3n) is 4.65. The first kappa shape index (κ1) is 15.9. The monoisotopic (exact) mass is 309 g/mol. The Morgan fingerprint density at radius 2 is 1.70 bits per heavy atom. The Labute approximate surface area is 137 Å². The smallest absolute Gasteiger partial charge is 0.195 e. The number of ether oxygens (including phenoxy) is 1. The first-order chi connectivity index (χ1) is 11.1. The van der Waals surface area contributed by atoms with Crippen LogP contribution in [-0.2, 0) is 4.74 Å². The van der Waals surface area contributed by atoms with Crippen LogP contribution in [-0.4, -0.2) is 36.0 Å². The van der Waals surface area contributed by atoms with Crippen molar-refractivity contribution in [3.05, 3.63) is 71.8 Å². The van der Waals surface area contributed by atoms with Crippen molar-refractivity contribution in [3.8, 4) is 0 Å². The number of carbonyl (C=O) groups is 1. The molecule has 0 aliphatic carbocycles. The van der Waals surface area contributed by atoms with Crippen molar-refractivity contribution in [2.75, 3.05) is 19.7 Å². The molecule has 2 aromatic rings. The van der Waals surface area contributed by atoms with Crippen molar-refractivity contribution in [1.82, 2.24) is 4.90 Å². The maximum atomic E-state index is 12.9. The molecule has 0 radical (unpaired) electrons. The van der Waals surface area contributed by atoms with Gasteiger partial charge in [0.1, 0.15) is 5.60 Å². The van der Waals surface area contributed by atoms with Crippen LogP contribution in [0.5, 0.6) is 0 Å². The molecule has 3 nitrogen and oxygen atoms in total.